The Kier molecular flexibility index (Phi) is 5.21. The lowest BCUT2D eigenvalue weighted by Crippen LogP contribution is -2.34. The van der Waals surface area contributed by atoms with E-state index in [9.17, 15) is 4.79 Å². The molecule has 0 N–H and O–H groups in total. The van der Waals surface area contributed by atoms with Crippen LogP contribution in [0.2, 0.25) is 0 Å². The van der Waals surface area contributed by atoms with Crippen LogP contribution in [0.1, 0.15) is 17.2 Å². The van der Waals surface area contributed by atoms with Crippen LogP contribution in [0.3, 0.4) is 0 Å². The van der Waals surface area contributed by atoms with Gasteiger partial charge in [-0.15, -0.1) is 5.10 Å². The second-order valence-corrected chi connectivity index (χ2v) is 8.27. The van der Waals surface area contributed by atoms with Crippen molar-refractivity contribution in [2.24, 2.45) is 7.05 Å². The lowest BCUT2D eigenvalue weighted by atomic mass is 10.1. The van der Waals surface area contributed by atoms with E-state index in [0.717, 1.165) is 36.8 Å². The highest BCUT2D eigenvalue weighted by molar-refractivity contribution is 8.00. The van der Waals surface area contributed by atoms with Gasteiger partial charge in [0.1, 0.15) is 0 Å². The summed E-state index contributed by atoms with van der Waals surface area (Å²) in [6.07, 6.45) is 0.923. The molecule has 138 valence electrons. The number of amides is 1. The standard InChI is InChI=1S/C16H19N5O3S2/c1-20-16(17-18-19-20)26-9-15(22)21-5-4-14(25-7-6-21)11-2-3-12-13(8-11)24-10-23-12/h2-3,8,14H,4-7,9-10H2,1H3. The van der Waals surface area contributed by atoms with Gasteiger partial charge in [-0.25, -0.2) is 4.68 Å². The maximum atomic E-state index is 12.5. The normalized spacial score (nSPS) is 19.4. The monoisotopic (exact) mass is 393 g/mol. The van der Waals surface area contributed by atoms with Crippen molar-refractivity contribution in [2.45, 2.75) is 16.8 Å². The molecule has 2 aliphatic heterocycles. The molecule has 1 saturated heterocycles. The summed E-state index contributed by atoms with van der Waals surface area (Å²) in [4.78, 5) is 14.5. The van der Waals surface area contributed by atoms with E-state index in [-0.39, 0.29) is 12.7 Å². The number of thioether (sulfide) groups is 2. The van der Waals surface area contributed by atoms with Crippen LogP contribution in [0.4, 0.5) is 0 Å². The number of ether oxygens (including phenoxy) is 2. The number of tetrazole rings is 1. The van der Waals surface area contributed by atoms with E-state index in [1.165, 1.54) is 17.3 Å². The zero-order valence-electron chi connectivity index (χ0n) is 14.3. The first-order chi connectivity index (χ1) is 12.7. The van der Waals surface area contributed by atoms with Gasteiger partial charge in [-0.2, -0.15) is 11.8 Å². The number of fused-ring (bicyclic) bond motifs is 1. The fraction of sp³-hybridized carbons (Fsp3) is 0.500. The highest BCUT2D eigenvalue weighted by Gasteiger charge is 2.24. The minimum Gasteiger partial charge on any atom is -0.454 e. The third kappa shape index (κ3) is 3.75. The van der Waals surface area contributed by atoms with E-state index in [0.29, 0.717) is 16.2 Å². The van der Waals surface area contributed by atoms with E-state index in [1.807, 2.05) is 22.7 Å². The van der Waals surface area contributed by atoms with Crippen LogP contribution in [0.5, 0.6) is 11.5 Å². The van der Waals surface area contributed by atoms with Gasteiger partial charge < -0.3 is 14.4 Å². The number of rotatable bonds is 4. The summed E-state index contributed by atoms with van der Waals surface area (Å²) < 4.78 is 12.4. The van der Waals surface area contributed by atoms with E-state index in [2.05, 4.69) is 27.7 Å². The third-order valence-electron chi connectivity index (χ3n) is 4.37. The van der Waals surface area contributed by atoms with E-state index in [1.54, 1.807) is 11.7 Å². The molecule has 10 heteroatoms. The first-order valence-electron chi connectivity index (χ1n) is 8.35. The summed E-state index contributed by atoms with van der Waals surface area (Å²) >= 11 is 3.26. The van der Waals surface area contributed by atoms with Crippen molar-refractivity contribution in [2.75, 3.05) is 31.4 Å². The van der Waals surface area contributed by atoms with Crippen LogP contribution < -0.4 is 9.47 Å². The number of hydrogen-bond acceptors (Lipinski definition) is 8. The second-order valence-electron chi connectivity index (χ2n) is 6.02. The predicted molar refractivity (Wildman–Crippen MR) is 98.5 cm³/mol. The van der Waals surface area contributed by atoms with Crippen molar-refractivity contribution in [3.05, 3.63) is 23.8 Å². The molecule has 2 aromatic rings. The number of carbonyl (C=O) groups is 1. The molecular weight excluding hydrogens is 374 g/mol. The van der Waals surface area contributed by atoms with Crippen LogP contribution in [0, 0.1) is 0 Å². The van der Waals surface area contributed by atoms with Crippen molar-refractivity contribution in [3.63, 3.8) is 0 Å². The summed E-state index contributed by atoms with van der Waals surface area (Å²) in [5.74, 6) is 3.02. The van der Waals surface area contributed by atoms with Gasteiger partial charge >= 0.3 is 0 Å². The fourth-order valence-electron chi connectivity index (χ4n) is 2.96. The van der Waals surface area contributed by atoms with Crippen LogP contribution in [-0.4, -0.2) is 62.4 Å². The molecule has 0 bridgehead atoms. The first kappa shape index (κ1) is 17.5. The summed E-state index contributed by atoms with van der Waals surface area (Å²) in [6, 6.07) is 6.13. The molecule has 4 rings (SSSR count). The fourth-order valence-corrected chi connectivity index (χ4v) is 4.93. The highest BCUT2D eigenvalue weighted by atomic mass is 32.2. The Labute approximate surface area is 159 Å². The Bertz CT molecular complexity index is 800. The van der Waals surface area contributed by atoms with Gasteiger partial charge in [-0.1, -0.05) is 17.8 Å². The van der Waals surface area contributed by atoms with Gasteiger partial charge in [0.15, 0.2) is 11.5 Å². The average molecular weight is 393 g/mol. The molecule has 1 unspecified atom stereocenters. The summed E-state index contributed by atoms with van der Waals surface area (Å²) in [5, 5.41) is 12.3. The largest absolute Gasteiger partial charge is 0.454 e. The molecule has 1 fully saturated rings. The number of hydrogen-bond donors (Lipinski definition) is 0. The summed E-state index contributed by atoms with van der Waals surface area (Å²) in [7, 11) is 1.77. The zero-order valence-corrected chi connectivity index (χ0v) is 16.0. The maximum absolute atomic E-state index is 12.5. The molecule has 3 heterocycles. The van der Waals surface area contributed by atoms with Crippen molar-refractivity contribution in [1.29, 1.82) is 0 Å². The van der Waals surface area contributed by atoms with E-state index in [4.69, 9.17) is 9.47 Å². The molecule has 0 saturated carbocycles. The minimum absolute atomic E-state index is 0.130. The van der Waals surface area contributed by atoms with Gasteiger partial charge in [0.2, 0.25) is 17.9 Å². The van der Waals surface area contributed by atoms with Crippen molar-refractivity contribution >= 4 is 29.4 Å². The van der Waals surface area contributed by atoms with Crippen molar-refractivity contribution in [1.82, 2.24) is 25.1 Å². The molecular formula is C16H19N5O3S2. The number of nitrogens with zero attached hydrogens (tertiary/aromatic N) is 5. The Balaban J connectivity index is 1.34. The van der Waals surface area contributed by atoms with Crippen LogP contribution >= 0.6 is 23.5 Å². The quantitative estimate of drug-likeness (QED) is 0.727. The number of benzene rings is 1. The highest BCUT2D eigenvalue weighted by Crippen LogP contribution is 2.40. The molecule has 1 atom stereocenters. The lowest BCUT2D eigenvalue weighted by Gasteiger charge is -2.20. The van der Waals surface area contributed by atoms with Gasteiger partial charge in [-0.3, -0.25) is 4.79 Å². The average Bonchev–Trinajstić information content (AvgIpc) is 3.20. The van der Waals surface area contributed by atoms with Gasteiger partial charge in [0.05, 0.1) is 5.75 Å². The number of aromatic nitrogens is 4. The van der Waals surface area contributed by atoms with Gasteiger partial charge in [-0.05, 0) is 34.5 Å². The molecule has 2 aliphatic rings. The molecule has 8 nitrogen and oxygen atoms in total. The van der Waals surface area contributed by atoms with Crippen molar-refractivity contribution < 1.29 is 14.3 Å². The van der Waals surface area contributed by atoms with Crippen molar-refractivity contribution in [3.8, 4) is 11.5 Å². The summed E-state index contributed by atoms with van der Waals surface area (Å²) in [6.45, 7) is 1.81. The minimum atomic E-state index is 0.130. The molecule has 0 radical (unpaired) electrons. The Morgan fingerprint density at radius 3 is 3.08 bits per heavy atom. The van der Waals surface area contributed by atoms with Crippen LogP contribution in [-0.2, 0) is 11.8 Å². The number of aryl methyl sites for hydroxylation is 1. The third-order valence-corrected chi connectivity index (χ3v) is 6.69. The molecule has 1 amide bonds. The Morgan fingerprint density at radius 1 is 1.35 bits per heavy atom. The second kappa shape index (κ2) is 7.75. The maximum Gasteiger partial charge on any atom is 0.233 e. The van der Waals surface area contributed by atoms with Crippen LogP contribution in [0.25, 0.3) is 0 Å². The molecule has 1 aromatic heterocycles. The van der Waals surface area contributed by atoms with E-state index < -0.39 is 0 Å². The van der Waals surface area contributed by atoms with Gasteiger partial charge in [0.25, 0.3) is 0 Å². The van der Waals surface area contributed by atoms with Crippen LogP contribution in [0.15, 0.2) is 23.4 Å². The van der Waals surface area contributed by atoms with E-state index >= 15 is 0 Å². The molecule has 1 aromatic carbocycles. The topological polar surface area (TPSA) is 82.4 Å². The lowest BCUT2D eigenvalue weighted by molar-refractivity contribution is -0.128. The molecule has 0 aliphatic carbocycles. The predicted octanol–water partition coefficient (Wildman–Crippen LogP) is 1.74. The van der Waals surface area contributed by atoms with Gasteiger partial charge in [0, 0.05) is 31.1 Å². The summed E-state index contributed by atoms with van der Waals surface area (Å²) in [5.41, 5.74) is 1.23. The molecule has 26 heavy (non-hydrogen) atoms. The SMILES string of the molecule is Cn1nnnc1SCC(=O)N1CCSC(c2ccc3c(c2)OCO3)CC1. The zero-order chi connectivity index (χ0) is 17.9. The molecule has 0 spiro atoms. The number of carbonyl (C=O) groups excluding carboxylic acids is 1. The smallest absolute Gasteiger partial charge is 0.233 e. The first-order valence-corrected chi connectivity index (χ1v) is 10.4. The Morgan fingerprint density at radius 2 is 2.23 bits per heavy atom. The Hall–Kier alpha value is -1.94.